The van der Waals surface area contributed by atoms with E-state index in [0.29, 0.717) is 12.8 Å². The fraction of sp³-hybridized carbons (Fsp3) is 0.730. The second kappa shape index (κ2) is 33.4. The first-order valence-electron chi connectivity index (χ1n) is 18.1. The molecule has 3 atom stereocenters. The smallest absolute Gasteiger partial charge is 0.462 e. The molecule has 3 N–H and O–H groups in total. The van der Waals surface area contributed by atoms with Crippen LogP contribution in [-0.4, -0.2) is 65.7 Å². The first-order chi connectivity index (χ1) is 23.2. The summed E-state index contributed by atoms with van der Waals surface area (Å²) in [6.07, 6.45) is 33.0. The van der Waals surface area contributed by atoms with E-state index in [1.54, 1.807) is 0 Å². The van der Waals surface area contributed by atoms with Crippen LogP contribution in [0.2, 0.25) is 0 Å². The van der Waals surface area contributed by atoms with Gasteiger partial charge >= 0.3 is 19.8 Å². The Morgan fingerprint density at radius 2 is 1.15 bits per heavy atom. The highest BCUT2D eigenvalue weighted by Gasteiger charge is 2.27. The molecule has 0 fully saturated rings. The third-order valence-electron chi connectivity index (χ3n) is 7.25. The highest BCUT2D eigenvalue weighted by atomic mass is 31.2. The molecule has 0 heterocycles. The van der Waals surface area contributed by atoms with Crippen LogP contribution in [-0.2, 0) is 32.7 Å². The second-order valence-electron chi connectivity index (χ2n) is 11.9. The zero-order valence-corrected chi connectivity index (χ0v) is 30.6. The average molecular weight is 701 g/mol. The van der Waals surface area contributed by atoms with Crippen molar-refractivity contribution in [3.8, 4) is 0 Å². The molecule has 0 aromatic carbocycles. The minimum atomic E-state index is -4.60. The van der Waals surface area contributed by atoms with E-state index in [4.69, 9.17) is 19.1 Å². The molecule has 0 aliphatic carbocycles. The van der Waals surface area contributed by atoms with Crippen LogP contribution in [0, 0.1) is 0 Å². The van der Waals surface area contributed by atoms with Gasteiger partial charge in [0.25, 0.3) is 0 Å². The van der Waals surface area contributed by atoms with Crippen molar-refractivity contribution in [2.75, 3.05) is 26.4 Å². The van der Waals surface area contributed by atoms with Crippen LogP contribution >= 0.6 is 7.82 Å². The fourth-order valence-corrected chi connectivity index (χ4v) is 5.24. The van der Waals surface area contributed by atoms with Crippen molar-refractivity contribution in [2.24, 2.45) is 0 Å². The molecule has 278 valence electrons. The predicted molar refractivity (Wildman–Crippen MR) is 191 cm³/mol. The molecule has 0 amide bonds. The van der Waals surface area contributed by atoms with Gasteiger partial charge in [0, 0.05) is 12.8 Å². The van der Waals surface area contributed by atoms with Gasteiger partial charge in [0.2, 0.25) is 0 Å². The van der Waals surface area contributed by atoms with Crippen molar-refractivity contribution in [3.63, 3.8) is 0 Å². The van der Waals surface area contributed by atoms with Gasteiger partial charge in [0.15, 0.2) is 6.10 Å². The number of carbonyl (C=O) groups excluding carboxylic acids is 2. The SMILES string of the molecule is CC/C=C\C/C=C\C/C=C\C/C=C\CCCCCCCCCCC(=O)OC(COC(=O)CCCCCC)COP(=O)(O)OCC(O)CO. The summed E-state index contributed by atoms with van der Waals surface area (Å²) in [6.45, 7) is 2.09. The number of phosphoric acid groups is 1. The Morgan fingerprint density at radius 3 is 1.73 bits per heavy atom. The molecule has 0 saturated heterocycles. The normalized spacial score (nSPS) is 14.7. The van der Waals surface area contributed by atoms with E-state index in [9.17, 15) is 24.2 Å². The monoisotopic (exact) mass is 700 g/mol. The highest BCUT2D eigenvalue weighted by molar-refractivity contribution is 7.47. The van der Waals surface area contributed by atoms with Gasteiger partial charge in [0.1, 0.15) is 12.7 Å². The number of rotatable bonds is 33. The zero-order chi connectivity index (χ0) is 35.6. The third kappa shape index (κ3) is 32.5. The van der Waals surface area contributed by atoms with Gasteiger partial charge in [-0.1, -0.05) is 120 Å². The Hall–Kier alpha value is -2.07. The van der Waals surface area contributed by atoms with Gasteiger partial charge in [-0.3, -0.25) is 18.6 Å². The molecule has 0 rings (SSSR count). The van der Waals surface area contributed by atoms with Crippen LogP contribution in [0.4, 0.5) is 0 Å². The zero-order valence-electron chi connectivity index (χ0n) is 29.7. The standard InChI is InChI=1S/C37H65O10P/c1-3-5-7-9-10-11-12-13-14-15-16-17-18-19-20-21-22-23-24-25-27-29-37(41)47-35(32-44-36(40)28-26-8-6-4-2)33-46-48(42,43)45-31-34(39)30-38/h5,7,10-11,13-14,16-17,34-35,38-39H,3-4,6,8-9,12,15,18-33H2,1-2H3,(H,42,43)/b7-5-,11-10-,14-13-,17-16-. The maximum atomic E-state index is 12.5. The number of esters is 2. The molecular weight excluding hydrogens is 635 g/mol. The Bertz CT molecular complexity index is 946. The summed E-state index contributed by atoms with van der Waals surface area (Å²) in [6, 6.07) is 0. The van der Waals surface area contributed by atoms with Crippen LogP contribution in [0.1, 0.15) is 136 Å². The fourth-order valence-electron chi connectivity index (χ4n) is 4.45. The molecule has 0 aliphatic rings. The van der Waals surface area contributed by atoms with Crippen molar-refractivity contribution in [2.45, 2.75) is 148 Å². The minimum absolute atomic E-state index is 0.173. The molecular formula is C37H65O10P. The lowest BCUT2D eigenvalue weighted by Gasteiger charge is -2.20. The first kappa shape index (κ1) is 45.9. The predicted octanol–water partition coefficient (Wildman–Crippen LogP) is 8.60. The number of carbonyl (C=O) groups is 2. The number of phosphoric ester groups is 1. The summed E-state index contributed by atoms with van der Waals surface area (Å²) in [7, 11) is -4.60. The van der Waals surface area contributed by atoms with Crippen LogP contribution in [0.5, 0.6) is 0 Å². The summed E-state index contributed by atoms with van der Waals surface area (Å²) in [4.78, 5) is 34.4. The van der Waals surface area contributed by atoms with Gasteiger partial charge in [-0.15, -0.1) is 0 Å². The average Bonchev–Trinajstić information content (AvgIpc) is 3.07. The van der Waals surface area contributed by atoms with Gasteiger partial charge in [-0.2, -0.15) is 0 Å². The number of aliphatic hydroxyl groups excluding tert-OH is 2. The summed E-state index contributed by atoms with van der Waals surface area (Å²) < 4.78 is 32.3. The lowest BCUT2D eigenvalue weighted by molar-refractivity contribution is -0.161. The summed E-state index contributed by atoms with van der Waals surface area (Å²) in [5, 5.41) is 18.2. The minimum Gasteiger partial charge on any atom is -0.462 e. The van der Waals surface area contributed by atoms with Crippen molar-refractivity contribution >= 4 is 19.8 Å². The van der Waals surface area contributed by atoms with Gasteiger partial charge in [-0.25, -0.2) is 4.57 Å². The van der Waals surface area contributed by atoms with Crippen LogP contribution in [0.3, 0.4) is 0 Å². The van der Waals surface area contributed by atoms with Crippen LogP contribution in [0.25, 0.3) is 0 Å². The maximum absolute atomic E-state index is 12.5. The molecule has 0 aliphatic heterocycles. The number of unbranched alkanes of at least 4 members (excludes halogenated alkanes) is 11. The van der Waals surface area contributed by atoms with Crippen LogP contribution in [0.15, 0.2) is 48.6 Å². The lowest BCUT2D eigenvalue weighted by Crippen LogP contribution is -2.29. The van der Waals surface area contributed by atoms with Gasteiger partial charge in [0.05, 0.1) is 19.8 Å². The highest BCUT2D eigenvalue weighted by Crippen LogP contribution is 2.43. The molecule has 3 unspecified atom stereocenters. The number of allylic oxidation sites excluding steroid dienone is 8. The first-order valence-corrected chi connectivity index (χ1v) is 19.6. The molecule has 48 heavy (non-hydrogen) atoms. The van der Waals surface area contributed by atoms with E-state index >= 15 is 0 Å². The van der Waals surface area contributed by atoms with Gasteiger partial charge in [-0.05, 0) is 51.4 Å². The quantitative estimate of drug-likeness (QED) is 0.0263. The molecule has 0 radical (unpaired) electrons. The van der Waals surface area contributed by atoms with Crippen molar-refractivity contribution in [1.29, 1.82) is 0 Å². The topological polar surface area (TPSA) is 149 Å². The Balaban J connectivity index is 4.17. The molecule has 0 aromatic rings. The Kier molecular flexibility index (Phi) is 32.0. The largest absolute Gasteiger partial charge is 0.472 e. The number of aliphatic hydroxyl groups is 2. The van der Waals surface area contributed by atoms with E-state index in [2.05, 4.69) is 67.0 Å². The summed E-state index contributed by atoms with van der Waals surface area (Å²) in [5.74, 6) is -0.959. The second-order valence-corrected chi connectivity index (χ2v) is 13.3. The molecule has 0 spiro atoms. The molecule has 11 heteroatoms. The van der Waals surface area contributed by atoms with E-state index < -0.39 is 51.8 Å². The van der Waals surface area contributed by atoms with E-state index in [0.717, 1.165) is 70.6 Å². The number of hydrogen-bond donors (Lipinski definition) is 3. The number of ether oxygens (including phenoxy) is 2. The molecule has 10 nitrogen and oxygen atoms in total. The van der Waals surface area contributed by atoms with Crippen molar-refractivity contribution in [3.05, 3.63) is 48.6 Å². The van der Waals surface area contributed by atoms with Crippen LogP contribution < -0.4 is 0 Å². The third-order valence-corrected chi connectivity index (χ3v) is 8.20. The van der Waals surface area contributed by atoms with E-state index in [1.807, 2.05) is 0 Å². The molecule has 0 aromatic heterocycles. The Labute approximate surface area is 290 Å². The van der Waals surface area contributed by atoms with Crippen molar-refractivity contribution in [1.82, 2.24) is 0 Å². The van der Waals surface area contributed by atoms with Gasteiger partial charge < -0.3 is 24.6 Å². The summed E-state index contributed by atoms with van der Waals surface area (Å²) in [5.41, 5.74) is 0. The lowest BCUT2D eigenvalue weighted by atomic mass is 10.1. The number of hydrogen-bond acceptors (Lipinski definition) is 9. The van der Waals surface area contributed by atoms with E-state index in [-0.39, 0.29) is 19.4 Å². The maximum Gasteiger partial charge on any atom is 0.472 e. The molecule has 0 bridgehead atoms. The van der Waals surface area contributed by atoms with E-state index in [1.165, 1.54) is 25.7 Å². The van der Waals surface area contributed by atoms with Crippen molar-refractivity contribution < 1.29 is 47.8 Å². The summed E-state index contributed by atoms with van der Waals surface area (Å²) >= 11 is 0. The Morgan fingerprint density at radius 1 is 0.646 bits per heavy atom. The molecule has 0 saturated carbocycles.